The van der Waals surface area contributed by atoms with Crippen LogP contribution >= 0.6 is 27.5 Å². The van der Waals surface area contributed by atoms with Crippen LogP contribution in [0.25, 0.3) is 0 Å². The summed E-state index contributed by atoms with van der Waals surface area (Å²) in [5, 5.41) is 3.46. The largest absolute Gasteiger partial charge is 0.495 e. The Balaban J connectivity index is 1.62. The molecular formula is C39H43BrClN3O7S. The van der Waals surface area contributed by atoms with E-state index >= 15 is 0 Å². The van der Waals surface area contributed by atoms with Crippen molar-refractivity contribution in [3.05, 3.63) is 112 Å². The average molecular weight is 813 g/mol. The zero-order valence-electron chi connectivity index (χ0n) is 29.4. The topological polar surface area (TPSA) is 114 Å². The second-order valence-corrected chi connectivity index (χ2v) is 15.8. The highest BCUT2D eigenvalue weighted by molar-refractivity contribution is 9.10. The van der Waals surface area contributed by atoms with Gasteiger partial charge in [-0.05, 0) is 66.4 Å². The van der Waals surface area contributed by atoms with Gasteiger partial charge in [0.25, 0.3) is 10.0 Å². The van der Waals surface area contributed by atoms with E-state index in [9.17, 15) is 18.0 Å². The molecule has 0 radical (unpaired) electrons. The molecule has 1 aliphatic carbocycles. The Labute approximate surface area is 319 Å². The standard InChI is InChI=1S/C39H43BrClN3O7S/c1-49-35-19-17-30(41)23-33(35)44(52(47,48)32-18-20-36(50-2)37(24-32)51-3)26-38(45)43(25-28-13-10-14-29(40)21-28)34(22-27-11-6-4-7-12-27)39(46)42-31-15-8-5-9-16-31/h4,6-7,10-14,17-21,23-24,31,34H,5,8-9,15-16,22,25-26H2,1-3H3,(H,42,46)/t34-/m0/s1. The van der Waals surface area contributed by atoms with Crippen LogP contribution in [0, 0.1) is 0 Å². The minimum Gasteiger partial charge on any atom is -0.495 e. The number of carbonyl (C=O) groups is 2. The molecule has 276 valence electrons. The maximum absolute atomic E-state index is 14.9. The first kappa shape index (κ1) is 39.0. The van der Waals surface area contributed by atoms with Crippen molar-refractivity contribution in [2.45, 2.75) is 62.0 Å². The lowest BCUT2D eigenvalue weighted by Crippen LogP contribution is -2.55. The summed E-state index contributed by atoms with van der Waals surface area (Å²) in [6.07, 6.45) is 5.07. The Morgan fingerprint density at radius 1 is 0.827 bits per heavy atom. The van der Waals surface area contributed by atoms with Gasteiger partial charge in [0.2, 0.25) is 11.8 Å². The van der Waals surface area contributed by atoms with Crippen LogP contribution in [0.4, 0.5) is 5.69 Å². The van der Waals surface area contributed by atoms with Crippen molar-refractivity contribution in [1.29, 1.82) is 0 Å². The van der Waals surface area contributed by atoms with Crippen molar-refractivity contribution in [3.8, 4) is 17.2 Å². The second kappa shape index (κ2) is 18.0. The van der Waals surface area contributed by atoms with Gasteiger partial charge in [-0.2, -0.15) is 0 Å². The predicted octanol–water partition coefficient (Wildman–Crippen LogP) is 7.41. The first-order valence-electron chi connectivity index (χ1n) is 17.0. The zero-order chi connectivity index (χ0) is 37.3. The first-order valence-corrected chi connectivity index (χ1v) is 19.6. The summed E-state index contributed by atoms with van der Waals surface area (Å²) in [4.78, 5) is 30.6. The zero-order valence-corrected chi connectivity index (χ0v) is 32.5. The fourth-order valence-electron chi connectivity index (χ4n) is 6.41. The van der Waals surface area contributed by atoms with Gasteiger partial charge in [-0.15, -0.1) is 0 Å². The summed E-state index contributed by atoms with van der Waals surface area (Å²) in [5.41, 5.74) is 1.65. The highest BCUT2D eigenvalue weighted by Crippen LogP contribution is 2.37. The molecule has 1 saturated carbocycles. The lowest BCUT2D eigenvalue weighted by molar-refractivity contribution is -0.140. The highest BCUT2D eigenvalue weighted by atomic mass is 79.9. The number of halogens is 2. The molecule has 0 unspecified atom stereocenters. The number of hydrogen-bond acceptors (Lipinski definition) is 7. The molecule has 0 heterocycles. The van der Waals surface area contributed by atoms with Gasteiger partial charge in [0.05, 0.1) is 31.9 Å². The summed E-state index contributed by atoms with van der Waals surface area (Å²) < 4.78 is 47.5. The molecule has 1 fully saturated rings. The number of rotatable bonds is 15. The number of amides is 2. The number of carbonyl (C=O) groups excluding carboxylic acids is 2. The molecule has 1 atom stereocenters. The number of ether oxygens (including phenoxy) is 3. The Kier molecular flexibility index (Phi) is 13.5. The van der Waals surface area contributed by atoms with Crippen LogP contribution in [0.3, 0.4) is 0 Å². The molecule has 5 rings (SSSR count). The van der Waals surface area contributed by atoms with E-state index in [0.29, 0.717) is 5.75 Å². The van der Waals surface area contributed by atoms with E-state index in [1.165, 1.54) is 56.6 Å². The van der Waals surface area contributed by atoms with Crippen LogP contribution in [0.5, 0.6) is 17.2 Å². The molecule has 2 amide bonds. The average Bonchev–Trinajstić information content (AvgIpc) is 3.15. The van der Waals surface area contributed by atoms with E-state index in [1.807, 2.05) is 54.6 Å². The predicted molar refractivity (Wildman–Crippen MR) is 206 cm³/mol. The van der Waals surface area contributed by atoms with Crippen LogP contribution in [0.2, 0.25) is 5.02 Å². The van der Waals surface area contributed by atoms with Crippen molar-refractivity contribution in [1.82, 2.24) is 10.2 Å². The number of nitrogens with one attached hydrogen (secondary N) is 1. The molecule has 0 aromatic heterocycles. The fourth-order valence-corrected chi connectivity index (χ4v) is 8.45. The van der Waals surface area contributed by atoms with Crippen LogP contribution in [0.15, 0.2) is 100 Å². The molecule has 13 heteroatoms. The number of nitrogens with zero attached hydrogens (tertiary/aromatic N) is 2. The van der Waals surface area contributed by atoms with Crippen LogP contribution in [0.1, 0.15) is 43.2 Å². The molecule has 52 heavy (non-hydrogen) atoms. The number of sulfonamides is 1. The summed E-state index contributed by atoms with van der Waals surface area (Å²) in [6.45, 7) is -0.645. The lowest BCUT2D eigenvalue weighted by atomic mass is 9.94. The molecule has 1 aliphatic rings. The Morgan fingerprint density at radius 3 is 2.17 bits per heavy atom. The Bertz CT molecular complexity index is 1960. The highest BCUT2D eigenvalue weighted by Gasteiger charge is 2.36. The smallest absolute Gasteiger partial charge is 0.265 e. The molecule has 10 nitrogen and oxygen atoms in total. The number of hydrogen-bond donors (Lipinski definition) is 1. The lowest BCUT2D eigenvalue weighted by Gasteiger charge is -2.35. The van der Waals surface area contributed by atoms with Crippen molar-refractivity contribution in [2.24, 2.45) is 0 Å². The normalized spacial score (nSPS) is 13.9. The van der Waals surface area contributed by atoms with Crippen molar-refractivity contribution in [2.75, 3.05) is 32.2 Å². The van der Waals surface area contributed by atoms with Gasteiger partial charge in [-0.1, -0.05) is 89.3 Å². The third-order valence-electron chi connectivity index (χ3n) is 9.10. The van der Waals surface area contributed by atoms with Crippen molar-refractivity contribution >= 4 is 55.1 Å². The van der Waals surface area contributed by atoms with Gasteiger partial charge in [0, 0.05) is 34.6 Å². The third-order valence-corrected chi connectivity index (χ3v) is 11.6. The minimum absolute atomic E-state index is 0.0139. The molecule has 1 N–H and O–H groups in total. The van der Waals surface area contributed by atoms with Crippen molar-refractivity contribution < 1.29 is 32.2 Å². The van der Waals surface area contributed by atoms with E-state index in [1.54, 1.807) is 6.07 Å². The van der Waals surface area contributed by atoms with E-state index < -0.39 is 28.5 Å². The summed E-state index contributed by atoms with van der Waals surface area (Å²) >= 11 is 9.96. The van der Waals surface area contributed by atoms with E-state index in [-0.39, 0.29) is 52.0 Å². The third kappa shape index (κ3) is 9.58. The molecule has 4 aromatic rings. The van der Waals surface area contributed by atoms with Gasteiger partial charge in [0.1, 0.15) is 18.3 Å². The van der Waals surface area contributed by atoms with Crippen LogP contribution in [-0.2, 0) is 32.6 Å². The quantitative estimate of drug-likeness (QED) is 0.133. The van der Waals surface area contributed by atoms with Crippen molar-refractivity contribution in [3.63, 3.8) is 0 Å². The number of benzene rings is 4. The maximum atomic E-state index is 14.9. The summed E-state index contributed by atoms with van der Waals surface area (Å²) in [6, 6.07) is 24.7. The van der Waals surface area contributed by atoms with Gasteiger partial charge >= 0.3 is 0 Å². The van der Waals surface area contributed by atoms with E-state index in [4.69, 9.17) is 25.8 Å². The first-order chi connectivity index (χ1) is 25.0. The van der Waals surface area contributed by atoms with E-state index in [0.717, 1.165) is 52.0 Å². The molecule has 0 saturated heterocycles. The summed E-state index contributed by atoms with van der Waals surface area (Å²) in [5.74, 6) is -0.209. The monoisotopic (exact) mass is 811 g/mol. The van der Waals surface area contributed by atoms with Gasteiger partial charge in [-0.25, -0.2) is 8.42 Å². The maximum Gasteiger partial charge on any atom is 0.265 e. The fraction of sp³-hybridized carbons (Fsp3) is 0.333. The van der Waals surface area contributed by atoms with Crippen LogP contribution < -0.4 is 23.8 Å². The van der Waals surface area contributed by atoms with Gasteiger partial charge < -0.3 is 24.4 Å². The van der Waals surface area contributed by atoms with Gasteiger partial charge in [0.15, 0.2) is 11.5 Å². The molecular weight excluding hydrogens is 770 g/mol. The van der Waals surface area contributed by atoms with E-state index in [2.05, 4.69) is 21.2 Å². The Hall–Kier alpha value is -4.26. The second-order valence-electron chi connectivity index (χ2n) is 12.5. The number of methoxy groups -OCH3 is 3. The Morgan fingerprint density at radius 2 is 1.50 bits per heavy atom. The SMILES string of the molecule is COc1ccc(S(=O)(=O)N(CC(=O)N(Cc2cccc(Br)c2)[C@@H](Cc2ccccc2)C(=O)NC2CCCCC2)c2cc(Cl)ccc2OC)cc1OC. The van der Waals surface area contributed by atoms with Crippen LogP contribution in [-0.4, -0.2) is 65.1 Å². The molecule has 4 aromatic carbocycles. The molecule has 0 bridgehead atoms. The summed E-state index contributed by atoms with van der Waals surface area (Å²) in [7, 11) is -0.238. The number of anilines is 1. The minimum atomic E-state index is -4.49. The van der Waals surface area contributed by atoms with Gasteiger partial charge in [-0.3, -0.25) is 13.9 Å². The molecule has 0 aliphatic heterocycles. The molecule has 0 spiro atoms.